The number of nitrogens with zero attached hydrogens (tertiary/aromatic N) is 1. The highest BCUT2D eigenvalue weighted by Crippen LogP contribution is 2.25. The molecule has 0 saturated carbocycles. The number of halogens is 1. The molecule has 0 aromatic carbocycles. The molecule has 2 aliphatic heterocycles. The van der Waals surface area contributed by atoms with E-state index in [2.05, 4.69) is 0 Å². The van der Waals surface area contributed by atoms with Crippen LogP contribution in [-0.4, -0.2) is 61.9 Å². The first-order valence-electron chi connectivity index (χ1n) is 6.66. The van der Waals surface area contributed by atoms with E-state index in [-0.39, 0.29) is 18.0 Å². The highest BCUT2D eigenvalue weighted by Gasteiger charge is 2.39. The quantitative estimate of drug-likeness (QED) is 0.732. The summed E-state index contributed by atoms with van der Waals surface area (Å²) >= 11 is 5.82. The summed E-state index contributed by atoms with van der Waals surface area (Å²) in [6, 6.07) is 0. The normalized spacial score (nSPS) is 32.6. The molecule has 112 valence electrons. The average molecular weight is 312 g/mol. The van der Waals surface area contributed by atoms with Gasteiger partial charge in [0.25, 0.3) is 0 Å². The molecule has 0 aromatic rings. The van der Waals surface area contributed by atoms with Crippen molar-refractivity contribution in [3.8, 4) is 0 Å². The molecule has 0 aliphatic carbocycles. The average Bonchev–Trinajstić information content (AvgIpc) is 2.78. The third-order valence-electron chi connectivity index (χ3n) is 3.44. The van der Waals surface area contributed by atoms with Crippen LogP contribution in [0.3, 0.4) is 0 Å². The van der Waals surface area contributed by atoms with E-state index in [1.165, 1.54) is 4.31 Å². The first-order valence-corrected chi connectivity index (χ1v) is 8.80. The van der Waals surface area contributed by atoms with Crippen molar-refractivity contribution in [2.45, 2.75) is 44.5 Å². The highest BCUT2D eigenvalue weighted by atomic mass is 35.5. The lowest BCUT2D eigenvalue weighted by Crippen LogP contribution is -2.56. The van der Waals surface area contributed by atoms with E-state index in [9.17, 15) is 8.42 Å². The lowest BCUT2D eigenvalue weighted by molar-refractivity contribution is -0.108. The molecule has 2 unspecified atom stereocenters. The Hall–Kier alpha value is 0.120. The van der Waals surface area contributed by atoms with E-state index < -0.39 is 15.6 Å². The molecule has 2 atom stereocenters. The summed E-state index contributed by atoms with van der Waals surface area (Å²) in [4.78, 5) is 0. The summed E-state index contributed by atoms with van der Waals surface area (Å²) in [7, 11) is -3.31. The molecule has 19 heavy (non-hydrogen) atoms. The number of hydrogen-bond acceptors (Lipinski definition) is 4. The Balaban J connectivity index is 2.05. The first kappa shape index (κ1) is 15.5. The van der Waals surface area contributed by atoms with Crippen LogP contribution >= 0.6 is 11.6 Å². The Morgan fingerprint density at radius 3 is 2.68 bits per heavy atom. The van der Waals surface area contributed by atoms with Gasteiger partial charge in [-0.2, -0.15) is 4.31 Å². The molecule has 2 fully saturated rings. The van der Waals surface area contributed by atoms with Gasteiger partial charge in [0, 0.05) is 25.6 Å². The van der Waals surface area contributed by atoms with Crippen LogP contribution in [0.1, 0.15) is 26.7 Å². The SMILES string of the molecule is CC1(C)CN(S(=O)(=O)CC2CCCO2)CC(CCl)O1. The standard InChI is InChI=1S/C12H22ClNO4S/c1-12(2)9-14(7-11(6-13)18-12)19(15,16)8-10-4-3-5-17-10/h10-11H,3-9H2,1-2H3. The summed E-state index contributed by atoms with van der Waals surface area (Å²) in [6.45, 7) is 5.15. The van der Waals surface area contributed by atoms with Gasteiger partial charge in [-0.25, -0.2) is 8.42 Å². The number of alkyl halides is 1. The summed E-state index contributed by atoms with van der Waals surface area (Å²) in [5, 5.41) is 0. The number of sulfonamides is 1. The van der Waals surface area contributed by atoms with Gasteiger partial charge in [0.15, 0.2) is 0 Å². The predicted octanol–water partition coefficient (Wildman–Crippen LogP) is 1.21. The molecule has 0 aromatic heterocycles. The maximum Gasteiger partial charge on any atom is 0.216 e. The Bertz CT molecular complexity index is 406. The van der Waals surface area contributed by atoms with Crippen LogP contribution in [0.4, 0.5) is 0 Å². The second kappa shape index (κ2) is 5.85. The second-order valence-corrected chi connectivity index (χ2v) is 8.18. The van der Waals surface area contributed by atoms with E-state index in [0.717, 1.165) is 12.8 Å². The van der Waals surface area contributed by atoms with Crippen molar-refractivity contribution in [3.05, 3.63) is 0 Å². The van der Waals surface area contributed by atoms with Gasteiger partial charge in [0.2, 0.25) is 10.0 Å². The van der Waals surface area contributed by atoms with Crippen molar-refractivity contribution < 1.29 is 17.9 Å². The molecular formula is C12H22ClNO4S. The molecule has 0 radical (unpaired) electrons. The number of morpholine rings is 1. The van der Waals surface area contributed by atoms with Crippen molar-refractivity contribution in [1.29, 1.82) is 0 Å². The fraction of sp³-hybridized carbons (Fsp3) is 1.00. The van der Waals surface area contributed by atoms with Crippen LogP contribution in [0.15, 0.2) is 0 Å². The van der Waals surface area contributed by atoms with Gasteiger partial charge in [-0.3, -0.25) is 0 Å². The van der Waals surface area contributed by atoms with Gasteiger partial charge in [0.1, 0.15) is 0 Å². The van der Waals surface area contributed by atoms with Gasteiger partial charge in [-0.1, -0.05) is 0 Å². The summed E-state index contributed by atoms with van der Waals surface area (Å²) in [5.74, 6) is 0.369. The molecule has 2 aliphatic rings. The third kappa shape index (κ3) is 4.04. The zero-order chi connectivity index (χ0) is 14.1. The van der Waals surface area contributed by atoms with Crippen molar-refractivity contribution >= 4 is 21.6 Å². The zero-order valence-electron chi connectivity index (χ0n) is 11.5. The van der Waals surface area contributed by atoms with E-state index in [0.29, 0.717) is 25.6 Å². The summed E-state index contributed by atoms with van der Waals surface area (Å²) in [5.41, 5.74) is -0.499. The van der Waals surface area contributed by atoms with E-state index in [1.807, 2.05) is 13.8 Å². The van der Waals surface area contributed by atoms with Crippen LogP contribution in [0.5, 0.6) is 0 Å². The van der Waals surface area contributed by atoms with Crippen LogP contribution in [0, 0.1) is 0 Å². The molecule has 7 heteroatoms. The van der Waals surface area contributed by atoms with Crippen molar-refractivity contribution in [2.24, 2.45) is 0 Å². The van der Waals surface area contributed by atoms with Gasteiger partial charge < -0.3 is 9.47 Å². The molecule has 2 rings (SSSR count). The van der Waals surface area contributed by atoms with E-state index >= 15 is 0 Å². The topological polar surface area (TPSA) is 55.8 Å². The number of ether oxygens (including phenoxy) is 2. The fourth-order valence-electron chi connectivity index (χ4n) is 2.65. The number of hydrogen-bond donors (Lipinski definition) is 0. The summed E-state index contributed by atoms with van der Waals surface area (Å²) < 4.78 is 37.6. The predicted molar refractivity (Wildman–Crippen MR) is 74.0 cm³/mol. The molecular weight excluding hydrogens is 290 g/mol. The largest absolute Gasteiger partial charge is 0.377 e. The van der Waals surface area contributed by atoms with Crippen molar-refractivity contribution in [1.82, 2.24) is 4.31 Å². The molecule has 0 spiro atoms. The molecule has 5 nitrogen and oxygen atoms in total. The van der Waals surface area contributed by atoms with Crippen LogP contribution in [-0.2, 0) is 19.5 Å². The summed E-state index contributed by atoms with van der Waals surface area (Å²) in [6.07, 6.45) is 1.36. The maximum absolute atomic E-state index is 12.4. The fourth-order valence-corrected chi connectivity index (χ4v) is 4.66. The molecule has 0 bridgehead atoms. The number of rotatable bonds is 4. The Labute approximate surface area is 120 Å². The van der Waals surface area contributed by atoms with Crippen molar-refractivity contribution in [2.75, 3.05) is 31.3 Å². The Morgan fingerprint density at radius 1 is 1.37 bits per heavy atom. The minimum Gasteiger partial charge on any atom is -0.377 e. The van der Waals surface area contributed by atoms with Gasteiger partial charge in [-0.15, -0.1) is 11.6 Å². The van der Waals surface area contributed by atoms with Gasteiger partial charge in [-0.05, 0) is 26.7 Å². The second-order valence-electron chi connectivity index (χ2n) is 5.86. The first-order chi connectivity index (χ1) is 8.82. The minimum absolute atomic E-state index is 0.0675. The lowest BCUT2D eigenvalue weighted by atomic mass is 10.1. The maximum atomic E-state index is 12.4. The smallest absolute Gasteiger partial charge is 0.216 e. The Kier molecular flexibility index (Phi) is 4.78. The minimum atomic E-state index is -3.31. The monoisotopic (exact) mass is 311 g/mol. The van der Waals surface area contributed by atoms with Crippen LogP contribution in [0.2, 0.25) is 0 Å². The van der Waals surface area contributed by atoms with Crippen LogP contribution < -0.4 is 0 Å². The zero-order valence-corrected chi connectivity index (χ0v) is 13.0. The van der Waals surface area contributed by atoms with Gasteiger partial charge in [0.05, 0.1) is 23.6 Å². The molecule has 2 saturated heterocycles. The van der Waals surface area contributed by atoms with E-state index in [4.69, 9.17) is 21.1 Å². The molecule has 0 amide bonds. The van der Waals surface area contributed by atoms with E-state index in [1.54, 1.807) is 0 Å². The van der Waals surface area contributed by atoms with Crippen LogP contribution in [0.25, 0.3) is 0 Å². The lowest BCUT2D eigenvalue weighted by Gasteiger charge is -2.41. The molecule has 0 N–H and O–H groups in total. The third-order valence-corrected chi connectivity index (χ3v) is 5.64. The molecule has 2 heterocycles. The van der Waals surface area contributed by atoms with Gasteiger partial charge >= 0.3 is 0 Å². The highest BCUT2D eigenvalue weighted by molar-refractivity contribution is 7.89. The Morgan fingerprint density at radius 2 is 2.11 bits per heavy atom. The van der Waals surface area contributed by atoms with Crippen molar-refractivity contribution in [3.63, 3.8) is 0 Å².